The molecule has 0 saturated carbocycles. The van der Waals surface area contributed by atoms with E-state index in [9.17, 15) is 19.5 Å². The van der Waals surface area contributed by atoms with Gasteiger partial charge in [-0.3, -0.25) is 9.59 Å². The monoisotopic (exact) mass is 393 g/mol. The van der Waals surface area contributed by atoms with Crippen LogP contribution in [0.3, 0.4) is 0 Å². The van der Waals surface area contributed by atoms with Gasteiger partial charge in [0.2, 0.25) is 11.8 Å². The normalized spacial score (nSPS) is 15.7. The van der Waals surface area contributed by atoms with Crippen molar-refractivity contribution < 1.29 is 19.5 Å². The summed E-state index contributed by atoms with van der Waals surface area (Å²) in [6.07, 6.45) is 5.28. The molecule has 0 fully saturated rings. The molecule has 0 rings (SSSR count). The van der Waals surface area contributed by atoms with Gasteiger partial charge in [0, 0.05) is 0 Å². The Labute approximate surface area is 158 Å². The van der Waals surface area contributed by atoms with E-state index in [1.165, 1.54) is 11.8 Å². The Morgan fingerprint density at radius 2 is 1.48 bits per heavy atom. The molecule has 9 heteroatoms. The minimum atomic E-state index is -1.08. The van der Waals surface area contributed by atoms with Crippen LogP contribution in [0.1, 0.15) is 33.1 Å². The van der Waals surface area contributed by atoms with E-state index >= 15 is 0 Å². The van der Waals surface area contributed by atoms with Crippen molar-refractivity contribution in [2.45, 2.75) is 51.2 Å². The van der Waals surface area contributed by atoms with E-state index in [4.69, 9.17) is 5.73 Å². The number of hydrogen-bond donors (Lipinski definition) is 4. The third kappa shape index (κ3) is 9.37. The zero-order chi connectivity index (χ0) is 19.4. The molecule has 4 unspecified atom stereocenters. The number of nitrogens with one attached hydrogen (secondary N) is 2. The topological polar surface area (TPSA) is 122 Å². The second-order valence-electron chi connectivity index (χ2n) is 5.93. The molecule has 4 atom stereocenters. The average molecular weight is 394 g/mol. The van der Waals surface area contributed by atoms with Crippen LogP contribution in [0, 0.1) is 5.92 Å². The van der Waals surface area contributed by atoms with Crippen molar-refractivity contribution in [2.75, 3.05) is 24.0 Å². The van der Waals surface area contributed by atoms with Crippen molar-refractivity contribution in [3.05, 3.63) is 0 Å². The highest BCUT2D eigenvalue weighted by Gasteiger charge is 2.28. The molecule has 0 aliphatic carbocycles. The SMILES string of the molecule is CCC(C)C(N)C(=O)NC(CCSC)C(=O)NC(CCSC)C(=O)O. The smallest absolute Gasteiger partial charge is 0.326 e. The van der Waals surface area contributed by atoms with Crippen molar-refractivity contribution in [1.29, 1.82) is 0 Å². The molecule has 0 saturated heterocycles. The molecule has 0 aromatic rings. The van der Waals surface area contributed by atoms with E-state index in [1.54, 1.807) is 11.8 Å². The lowest BCUT2D eigenvalue weighted by molar-refractivity contribution is -0.142. The summed E-state index contributed by atoms with van der Waals surface area (Å²) in [4.78, 5) is 36.0. The third-order valence-electron chi connectivity index (χ3n) is 4.03. The number of hydrogen-bond acceptors (Lipinski definition) is 6. The Hall–Kier alpha value is -0.930. The van der Waals surface area contributed by atoms with Gasteiger partial charge in [0.05, 0.1) is 6.04 Å². The van der Waals surface area contributed by atoms with E-state index in [0.29, 0.717) is 24.3 Å². The van der Waals surface area contributed by atoms with Gasteiger partial charge in [-0.05, 0) is 42.8 Å². The van der Waals surface area contributed by atoms with Crippen LogP contribution < -0.4 is 16.4 Å². The summed E-state index contributed by atoms with van der Waals surface area (Å²) in [6, 6.07) is -2.44. The number of rotatable bonds is 13. The van der Waals surface area contributed by atoms with Crippen LogP contribution in [0.2, 0.25) is 0 Å². The van der Waals surface area contributed by atoms with Gasteiger partial charge < -0.3 is 21.5 Å². The largest absolute Gasteiger partial charge is 0.480 e. The maximum absolute atomic E-state index is 12.5. The molecule has 0 aliphatic heterocycles. The molecule has 7 nitrogen and oxygen atoms in total. The predicted molar refractivity (Wildman–Crippen MR) is 105 cm³/mol. The molecule has 25 heavy (non-hydrogen) atoms. The minimum absolute atomic E-state index is 0.00221. The highest BCUT2D eigenvalue weighted by molar-refractivity contribution is 7.98. The zero-order valence-corrected chi connectivity index (χ0v) is 17.0. The lowest BCUT2D eigenvalue weighted by atomic mass is 9.99. The van der Waals surface area contributed by atoms with Gasteiger partial charge in [0.15, 0.2) is 0 Å². The molecule has 146 valence electrons. The van der Waals surface area contributed by atoms with Crippen LogP contribution in [-0.4, -0.2) is 65.0 Å². The highest BCUT2D eigenvalue weighted by Crippen LogP contribution is 2.08. The molecule has 0 spiro atoms. The van der Waals surface area contributed by atoms with E-state index in [-0.39, 0.29) is 11.8 Å². The first-order chi connectivity index (χ1) is 11.8. The van der Waals surface area contributed by atoms with Crippen molar-refractivity contribution in [1.82, 2.24) is 10.6 Å². The van der Waals surface area contributed by atoms with Crippen LogP contribution in [0.15, 0.2) is 0 Å². The Morgan fingerprint density at radius 1 is 1.00 bits per heavy atom. The fraction of sp³-hybridized carbons (Fsp3) is 0.812. The van der Waals surface area contributed by atoms with Crippen molar-refractivity contribution >= 4 is 41.3 Å². The van der Waals surface area contributed by atoms with E-state index in [1.807, 2.05) is 26.4 Å². The van der Waals surface area contributed by atoms with E-state index < -0.39 is 30.0 Å². The van der Waals surface area contributed by atoms with Crippen LogP contribution in [0.5, 0.6) is 0 Å². The van der Waals surface area contributed by atoms with Crippen LogP contribution in [0.4, 0.5) is 0 Å². The maximum Gasteiger partial charge on any atom is 0.326 e. The molecule has 0 aromatic carbocycles. The number of nitrogens with two attached hydrogens (primary N) is 1. The molecule has 0 bridgehead atoms. The van der Waals surface area contributed by atoms with Crippen LogP contribution in [-0.2, 0) is 14.4 Å². The molecular weight excluding hydrogens is 362 g/mol. The summed E-state index contributed by atoms with van der Waals surface area (Å²) in [5.41, 5.74) is 5.92. The standard InChI is InChI=1S/C16H31N3O4S2/c1-5-10(2)13(17)15(21)18-11(6-8-24-3)14(20)19-12(16(22)23)7-9-25-4/h10-13H,5-9,17H2,1-4H3,(H,18,21)(H,19,20)(H,22,23). The zero-order valence-electron chi connectivity index (χ0n) is 15.4. The lowest BCUT2D eigenvalue weighted by Crippen LogP contribution is -2.55. The molecule has 0 aliphatic rings. The minimum Gasteiger partial charge on any atom is -0.480 e. The van der Waals surface area contributed by atoms with E-state index in [2.05, 4.69) is 10.6 Å². The molecule has 5 N–H and O–H groups in total. The number of carbonyl (C=O) groups excluding carboxylic acids is 2. The summed E-state index contributed by atoms with van der Waals surface area (Å²) in [6.45, 7) is 3.82. The summed E-state index contributed by atoms with van der Waals surface area (Å²) in [5, 5.41) is 14.5. The Bertz CT molecular complexity index is 438. The fourth-order valence-electron chi connectivity index (χ4n) is 2.05. The van der Waals surface area contributed by atoms with Gasteiger partial charge in [0.25, 0.3) is 0 Å². The quantitative estimate of drug-likeness (QED) is 0.367. The number of amides is 2. The first-order valence-corrected chi connectivity index (χ1v) is 11.1. The van der Waals surface area contributed by atoms with Crippen molar-refractivity contribution in [3.63, 3.8) is 0 Å². The molecule has 0 heterocycles. The first-order valence-electron chi connectivity index (χ1n) is 8.35. The Morgan fingerprint density at radius 3 is 1.92 bits per heavy atom. The number of carbonyl (C=O) groups is 3. The average Bonchev–Trinajstić information content (AvgIpc) is 2.59. The number of aliphatic carboxylic acids is 1. The lowest BCUT2D eigenvalue weighted by Gasteiger charge is -2.24. The van der Waals surface area contributed by atoms with Gasteiger partial charge in [0.1, 0.15) is 12.1 Å². The first kappa shape index (κ1) is 24.1. The van der Waals surface area contributed by atoms with Crippen LogP contribution in [0.25, 0.3) is 0 Å². The molecular formula is C16H31N3O4S2. The summed E-state index contributed by atoms with van der Waals surface area (Å²) < 4.78 is 0. The molecule has 0 aromatic heterocycles. The number of carboxylic acid groups (broad SMARTS) is 1. The van der Waals surface area contributed by atoms with E-state index in [0.717, 1.165) is 6.42 Å². The predicted octanol–water partition coefficient (Wildman–Crippen LogP) is 0.920. The number of thioether (sulfide) groups is 2. The van der Waals surface area contributed by atoms with Gasteiger partial charge >= 0.3 is 5.97 Å². The number of carboxylic acids is 1. The molecule has 2 amide bonds. The fourth-order valence-corrected chi connectivity index (χ4v) is 2.99. The Balaban J connectivity index is 4.95. The second kappa shape index (κ2) is 13.3. The summed E-state index contributed by atoms with van der Waals surface area (Å²) >= 11 is 3.06. The maximum atomic E-state index is 12.5. The van der Waals surface area contributed by atoms with Crippen molar-refractivity contribution in [3.8, 4) is 0 Å². The highest BCUT2D eigenvalue weighted by atomic mass is 32.2. The van der Waals surface area contributed by atoms with Crippen LogP contribution >= 0.6 is 23.5 Å². The van der Waals surface area contributed by atoms with Gasteiger partial charge in [-0.25, -0.2) is 4.79 Å². The van der Waals surface area contributed by atoms with Crippen molar-refractivity contribution in [2.24, 2.45) is 11.7 Å². The van der Waals surface area contributed by atoms with Gasteiger partial charge in [-0.2, -0.15) is 23.5 Å². The Kier molecular flexibility index (Phi) is 12.8. The summed E-state index contributed by atoms with van der Waals surface area (Å²) in [5.74, 6) is -0.651. The van der Waals surface area contributed by atoms with Gasteiger partial charge in [-0.15, -0.1) is 0 Å². The summed E-state index contributed by atoms with van der Waals surface area (Å²) in [7, 11) is 0. The third-order valence-corrected chi connectivity index (χ3v) is 5.32. The molecule has 0 radical (unpaired) electrons. The second-order valence-corrected chi connectivity index (χ2v) is 7.91. The van der Waals surface area contributed by atoms with Gasteiger partial charge in [-0.1, -0.05) is 20.3 Å².